The molecule has 0 fully saturated rings. The lowest BCUT2D eigenvalue weighted by Gasteiger charge is -2.06. The molecule has 0 spiro atoms. The first-order chi connectivity index (χ1) is 7.19. The average molecular weight is 208 g/mol. The van der Waals surface area contributed by atoms with Crippen LogP contribution in [0.1, 0.15) is 20.7 Å². The van der Waals surface area contributed by atoms with E-state index in [0.717, 1.165) is 0 Å². The molecule has 0 aromatic heterocycles. The molecule has 1 rings (SSSR count). The Labute approximate surface area is 85.3 Å². The van der Waals surface area contributed by atoms with Crippen molar-refractivity contribution in [3.05, 3.63) is 29.3 Å². The van der Waals surface area contributed by atoms with Crippen LogP contribution in [0.3, 0.4) is 0 Å². The second-order valence-electron chi connectivity index (χ2n) is 2.68. The molecule has 78 valence electrons. The van der Waals surface area contributed by atoms with E-state index in [1.165, 1.54) is 18.2 Å². The van der Waals surface area contributed by atoms with Crippen molar-refractivity contribution in [3.8, 4) is 5.75 Å². The molecule has 5 nitrogen and oxygen atoms in total. The number of hydrogen-bond acceptors (Lipinski definition) is 4. The van der Waals surface area contributed by atoms with E-state index in [9.17, 15) is 14.4 Å². The second kappa shape index (κ2) is 4.90. The monoisotopic (exact) mass is 208 g/mol. The molecule has 1 aromatic rings. The number of ether oxygens (including phenoxy) is 1. The van der Waals surface area contributed by atoms with Crippen molar-refractivity contribution in [1.82, 2.24) is 0 Å². The third kappa shape index (κ3) is 2.63. The predicted molar refractivity (Wildman–Crippen MR) is 50.3 cm³/mol. The minimum absolute atomic E-state index is 0.0637. The highest BCUT2D eigenvalue weighted by Crippen LogP contribution is 2.19. The maximum absolute atomic E-state index is 10.7. The highest BCUT2D eigenvalue weighted by Gasteiger charge is 2.09. The molecule has 0 bridgehead atoms. The number of rotatable bonds is 5. The summed E-state index contributed by atoms with van der Waals surface area (Å²) in [4.78, 5) is 31.5. The first-order valence-electron chi connectivity index (χ1n) is 4.07. The molecular weight excluding hydrogens is 200 g/mol. The fraction of sp³-hybridized carbons (Fsp3) is 0.100. The van der Waals surface area contributed by atoms with Gasteiger partial charge < -0.3 is 9.84 Å². The third-order valence-electron chi connectivity index (χ3n) is 1.70. The lowest BCUT2D eigenvalue weighted by molar-refractivity contribution is -0.139. The van der Waals surface area contributed by atoms with Gasteiger partial charge in [-0.2, -0.15) is 0 Å². The van der Waals surface area contributed by atoms with Crippen LogP contribution in [0.4, 0.5) is 0 Å². The smallest absolute Gasteiger partial charge is 0.341 e. The zero-order valence-electron chi connectivity index (χ0n) is 7.67. The number of aldehydes is 2. The van der Waals surface area contributed by atoms with E-state index in [2.05, 4.69) is 0 Å². The Morgan fingerprint density at radius 3 is 2.60 bits per heavy atom. The van der Waals surface area contributed by atoms with Crippen LogP contribution in [-0.2, 0) is 4.79 Å². The van der Waals surface area contributed by atoms with E-state index in [0.29, 0.717) is 12.6 Å². The Morgan fingerprint density at radius 2 is 2.07 bits per heavy atom. The largest absolute Gasteiger partial charge is 0.481 e. The summed E-state index contributed by atoms with van der Waals surface area (Å²) in [5, 5.41) is 8.38. The topological polar surface area (TPSA) is 80.7 Å². The van der Waals surface area contributed by atoms with Gasteiger partial charge in [0, 0.05) is 5.56 Å². The Balaban J connectivity index is 3.00. The van der Waals surface area contributed by atoms with Crippen LogP contribution in [0.5, 0.6) is 5.75 Å². The molecule has 0 saturated carbocycles. The molecular formula is C10H8O5. The Bertz CT molecular complexity index is 397. The maximum Gasteiger partial charge on any atom is 0.341 e. The van der Waals surface area contributed by atoms with E-state index in [-0.39, 0.29) is 16.9 Å². The number of aliphatic carboxylic acids is 1. The lowest BCUT2D eigenvalue weighted by atomic mass is 10.1. The molecule has 1 N–H and O–H groups in total. The Hall–Kier alpha value is -2.17. The lowest BCUT2D eigenvalue weighted by Crippen LogP contribution is -2.11. The molecule has 1 aromatic carbocycles. The van der Waals surface area contributed by atoms with Gasteiger partial charge >= 0.3 is 5.97 Å². The van der Waals surface area contributed by atoms with Gasteiger partial charge in [0.2, 0.25) is 0 Å². The standard InChI is InChI=1S/C10H8O5/c11-4-7-2-1-3-9(8(7)5-12)15-6-10(13)14/h1-5H,6H2,(H,13,14). The number of carbonyl (C=O) groups is 3. The van der Waals surface area contributed by atoms with Gasteiger partial charge in [0.15, 0.2) is 19.2 Å². The van der Waals surface area contributed by atoms with Gasteiger partial charge in [0.05, 0.1) is 5.56 Å². The summed E-state index contributed by atoms with van der Waals surface area (Å²) in [6.07, 6.45) is 0.971. The molecule has 0 aliphatic carbocycles. The van der Waals surface area contributed by atoms with Gasteiger partial charge in [-0.05, 0) is 6.07 Å². The first-order valence-corrected chi connectivity index (χ1v) is 4.07. The third-order valence-corrected chi connectivity index (χ3v) is 1.70. The summed E-state index contributed by atoms with van der Waals surface area (Å²) >= 11 is 0. The zero-order chi connectivity index (χ0) is 11.3. The highest BCUT2D eigenvalue weighted by molar-refractivity contribution is 5.93. The number of hydrogen-bond donors (Lipinski definition) is 1. The summed E-state index contributed by atoms with van der Waals surface area (Å²) in [6.45, 7) is -0.552. The van der Waals surface area contributed by atoms with Crippen LogP contribution in [0.15, 0.2) is 18.2 Å². The molecule has 0 atom stereocenters. The van der Waals surface area contributed by atoms with Crippen molar-refractivity contribution in [3.63, 3.8) is 0 Å². The summed E-state index contributed by atoms with van der Waals surface area (Å²) in [6, 6.07) is 4.39. The molecule has 0 amide bonds. The minimum Gasteiger partial charge on any atom is -0.481 e. The molecule has 0 unspecified atom stereocenters. The zero-order valence-corrected chi connectivity index (χ0v) is 7.67. The summed E-state index contributed by atoms with van der Waals surface area (Å²) in [7, 11) is 0. The predicted octanol–water partition coefficient (Wildman–Crippen LogP) is 0.775. The van der Waals surface area contributed by atoms with E-state index >= 15 is 0 Å². The number of carbonyl (C=O) groups excluding carboxylic acids is 2. The van der Waals surface area contributed by atoms with Crippen molar-refractivity contribution in [1.29, 1.82) is 0 Å². The number of carboxylic acids is 1. The van der Waals surface area contributed by atoms with Crippen molar-refractivity contribution in [2.75, 3.05) is 6.61 Å². The van der Waals surface area contributed by atoms with Crippen LogP contribution in [0.25, 0.3) is 0 Å². The van der Waals surface area contributed by atoms with Crippen molar-refractivity contribution < 1.29 is 24.2 Å². The molecule has 0 aliphatic heterocycles. The SMILES string of the molecule is O=Cc1cccc(OCC(=O)O)c1C=O. The average Bonchev–Trinajstić information content (AvgIpc) is 2.25. The van der Waals surface area contributed by atoms with Crippen LogP contribution in [-0.4, -0.2) is 30.3 Å². The summed E-state index contributed by atoms with van der Waals surface area (Å²) in [5.74, 6) is -1.06. The quantitative estimate of drug-likeness (QED) is 0.723. The van der Waals surface area contributed by atoms with E-state index in [1.54, 1.807) is 0 Å². The van der Waals surface area contributed by atoms with Crippen LogP contribution in [0, 0.1) is 0 Å². The minimum atomic E-state index is -1.15. The van der Waals surface area contributed by atoms with Gasteiger partial charge in [0.25, 0.3) is 0 Å². The molecule has 0 heterocycles. The van der Waals surface area contributed by atoms with Crippen molar-refractivity contribution in [2.24, 2.45) is 0 Å². The summed E-state index contributed by atoms with van der Waals surface area (Å²) < 4.78 is 4.84. The normalized spacial score (nSPS) is 9.33. The molecule has 0 aliphatic rings. The summed E-state index contributed by atoms with van der Waals surface area (Å²) in [5.41, 5.74) is 0.238. The Kier molecular flexibility index (Phi) is 3.56. The van der Waals surface area contributed by atoms with E-state index < -0.39 is 12.6 Å². The number of carboxylic acid groups (broad SMARTS) is 1. The van der Waals surface area contributed by atoms with Gasteiger partial charge in [0.1, 0.15) is 5.75 Å². The van der Waals surface area contributed by atoms with Crippen molar-refractivity contribution in [2.45, 2.75) is 0 Å². The molecule has 5 heteroatoms. The van der Waals surface area contributed by atoms with Gasteiger partial charge in [-0.25, -0.2) is 4.79 Å². The number of benzene rings is 1. The van der Waals surface area contributed by atoms with Crippen LogP contribution < -0.4 is 4.74 Å². The fourth-order valence-corrected chi connectivity index (χ4v) is 1.06. The maximum atomic E-state index is 10.7. The van der Waals surface area contributed by atoms with E-state index in [4.69, 9.17) is 9.84 Å². The van der Waals surface area contributed by atoms with Crippen LogP contribution >= 0.6 is 0 Å². The van der Waals surface area contributed by atoms with Crippen LogP contribution in [0.2, 0.25) is 0 Å². The van der Waals surface area contributed by atoms with Crippen molar-refractivity contribution >= 4 is 18.5 Å². The first kappa shape index (κ1) is 10.9. The Morgan fingerprint density at radius 1 is 1.33 bits per heavy atom. The molecule has 15 heavy (non-hydrogen) atoms. The van der Waals surface area contributed by atoms with E-state index in [1.807, 2.05) is 0 Å². The van der Waals surface area contributed by atoms with Gasteiger partial charge in [-0.15, -0.1) is 0 Å². The molecule has 0 radical (unpaired) electrons. The fourth-order valence-electron chi connectivity index (χ4n) is 1.06. The second-order valence-corrected chi connectivity index (χ2v) is 2.68. The van der Waals surface area contributed by atoms with Gasteiger partial charge in [-0.3, -0.25) is 9.59 Å². The highest BCUT2D eigenvalue weighted by atomic mass is 16.5. The molecule has 0 saturated heterocycles. The van der Waals surface area contributed by atoms with Gasteiger partial charge in [-0.1, -0.05) is 12.1 Å².